The lowest BCUT2D eigenvalue weighted by Gasteiger charge is -2.23. The van der Waals surface area contributed by atoms with E-state index < -0.39 is 12.1 Å². The van der Waals surface area contributed by atoms with Gasteiger partial charge in [0.2, 0.25) is 0 Å². The molecule has 3 rings (SSSR count). The molecule has 9 heteroatoms. The van der Waals surface area contributed by atoms with Gasteiger partial charge < -0.3 is 24.8 Å². The smallest absolute Gasteiger partial charge is 0.333 e. The van der Waals surface area contributed by atoms with E-state index in [0.29, 0.717) is 54.4 Å². The SMILES string of the molecule is CCOC(Cc1ccc(OCCN(CCCc2cc(Cl)cc(Cl)c2)C(=O)Nc2ccc(C(C)C)cc2)cc1)C(=O)O. The van der Waals surface area contributed by atoms with Crippen LogP contribution in [0.1, 0.15) is 49.8 Å². The average molecular weight is 602 g/mol. The van der Waals surface area contributed by atoms with Crippen LogP contribution in [0.4, 0.5) is 10.5 Å². The van der Waals surface area contributed by atoms with Gasteiger partial charge >= 0.3 is 12.0 Å². The van der Waals surface area contributed by atoms with Crippen molar-refractivity contribution >= 4 is 40.9 Å². The third-order valence-electron chi connectivity index (χ3n) is 6.55. The number of halogens is 2. The zero-order chi connectivity index (χ0) is 29.8. The Kier molecular flexibility index (Phi) is 12.8. The zero-order valence-corrected chi connectivity index (χ0v) is 25.3. The quantitative estimate of drug-likeness (QED) is 0.187. The number of aryl methyl sites for hydroxylation is 1. The molecule has 41 heavy (non-hydrogen) atoms. The summed E-state index contributed by atoms with van der Waals surface area (Å²) in [6, 6.07) is 20.4. The molecule has 2 N–H and O–H groups in total. The van der Waals surface area contributed by atoms with Crippen molar-refractivity contribution in [2.24, 2.45) is 0 Å². The minimum atomic E-state index is -0.986. The summed E-state index contributed by atoms with van der Waals surface area (Å²) in [5.41, 5.74) is 3.78. The summed E-state index contributed by atoms with van der Waals surface area (Å²) < 4.78 is 11.2. The summed E-state index contributed by atoms with van der Waals surface area (Å²) in [7, 11) is 0. The van der Waals surface area contributed by atoms with E-state index >= 15 is 0 Å². The number of hydrogen-bond acceptors (Lipinski definition) is 4. The van der Waals surface area contributed by atoms with Gasteiger partial charge in [0, 0.05) is 35.3 Å². The molecule has 3 aromatic carbocycles. The van der Waals surface area contributed by atoms with Gasteiger partial charge in [-0.05, 0) is 84.8 Å². The fourth-order valence-corrected chi connectivity index (χ4v) is 4.90. The number of hydrogen-bond donors (Lipinski definition) is 2. The molecule has 2 amide bonds. The fourth-order valence-electron chi connectivity index (χ4n) is 4.33. The van der Waals surface area contributed by atoms with E-state index in [4.69, 9.17) is 32.7 Å². The number of aliphatic carboxylic acids is 1. The molecule has 0 radical (unpaired) electrons. The number of ether oxygens (including phenoxy) is 2. The predicted octanol–water partition coefficient (Wildman–Crippen LogP) is 7.69. The number of carbonyl (C=O) groups excluding carboxylic acids is 1. The van der Waals surface area contributed by atoms with Crippen LogP contribution in [0.15, 0.2) is 66.7 Å². The van der Waals surface area contributed by atoms with Gasteiger partial charge in [-0.15, -0.1) is 0 Å². The van der Waals surface area contributed by atoms with E-state index in [9.17, 15) is 14.7 Å². The summed E-state index contributed by atoms with van der Waals surface area (Å²) in [6.45, 7) is 7.53. The number of nitrogens with one attached hydrogen (secondary N) is 1. The van der Waals surface area contributed by atoms with Crippen LogP contribution in [0.5, 0.6) is 5.75 Å². The van der Waals surface area contributed by atoms with Crippen molar-refractivity contribution in [2.75, 3.05) is 31.6 Å². The molecular weight excluding hydrogens is 563 g/mol. The standard InChI is InChI=1S/C32H38Cl2N2O5/c1-4-40-30(31(37)38)20-23-7-13-29(14-8-23)41-17-16-36(15-5-6-24-18-26(33)21-27(34)19-24)32(39)35-28-11-9-25(10-12-28)22(2)3/h7-14,18-19,21-22,30H,4-6,15-17,20H2,1-3H3,(H,35,39)(H,37,38). The summed E-state index contributed by atoms with van der Waals surface area (Å²) in [5.74, 6) is 0.0563. The largest absolute Gasteiger partial charge is 0.492 e. The molecule has 0 aliphatic rings. The van der Waals surface area contributed by atoms with Gasteiger partial charge in [-0.2, -0.15) is 0 Å². The molecular formula is C32H38Cl2N2O5. The van der Waals surface area contributed by atoms with Gasteiger partial charge in [0.25, 0.3) is 0 Å². The first-order valence-electron chi connectivity index (χ1n) is 13.8. The number of carboxylic acids is 1. The second kappa shape index (κ2) is 16.2. The van der Waals surface area contributed by atoms with E-state index in [1.807, 2.05) is 48.5 Å². The van der Waals surface area contributed by atoms with E-state index in [2.05, 4.69) is 19.2 Å². The molecule has 0 aliphatic carbocycles. The van der Waals surface area contributed by atoms with Crippen molar-refractivity contribution in [1.82, 2.24) is 4.90 Å². The van der Waals surface area contributed by atoms with Crippen LogP contribution in [0.3, 0.4) is 0 Å². The Morgan fingerprint density at radius 3 is 2.17 bits per heavy atom. The zero-order valence-electron chi connectivity index (χ0n) is 23.7. The van der Waals surface area contributed by atoms with Crippen molar-refractivity contribution in [3.63, 3.8) is 0 Å². The van der Waals surface area contributed by atoms with Crippen LogP contribution in [0.2, 0.25) is 10.0 Å². The molecule has 220 valence electrons. The summed E-state index contributed by atoms with van der Waals surface area (Å²) >= 11 is 12.3. The normalized spacial score (nSPS) is 11.8. The number of amides is 2. The van der Waals surface area contributed by atoms with E-state index in [-0.39, 0.29) is 12.5 Å². The van der Waals surface area contributed by atoms with E-state index in [1.165, 1.54) is 5.56 Å². The van der Waals surface area contributed by atoms with Crippen molar-refractivity contribution < 1.29 is 24.2 Å². The number of carbonyl (C=O) groups is 2. The fraction of sp³-hybridized carbons (Fsp3) is 0.375. The maximum atomic E-state index is 13.2. The highest BCUT2D eigenvalue weighted by Crippen LogP contribution is 2.21. The number of benzene rings is 3. The molecule has 0 bridgehead atoms. The molecule has 3 aromatic rings. The van der Waals surface area contributed by atoms with Crippen molar-refractivity contribution in [3.8, 4) is 5.75 Å². The summed E-state index contributed by atoms with van der Waals surface area (Å²) in [4.78, 5) is 26.3. The van der Waals surface area contributed by atoms with Gasteiger partial charge in [0.15, 0.2) is 6.10 Å². The number of anilines is 1. The minimum absolute atomic E-state index is 0.207. The van der Waals surface area contributed by atoms with Crippen LogP contribution in [-0.4, -0.2) is 54.4 Å². The Morgan fingerprint density at radius 2 is 1.59 bits per heavy atom. The highest BCUT2D eigenvalue weighted by molar-refractivity contribution is 6.34. The lowest BCUT2D eigenvalue weighted by molar-refractivity contribution is -0.149. The third-order valence-corrected chi connectivity index (χ3v) is 6.99. The Bertz CT molecular complexity index is 1250. The Morgan fingerprint density at radius 1 is 0.927 bits per heavy atom. The maximum absolute atomic E-state index is 13.2. The van der Waals surface area contributed by atoms with Crippen LogP contribution < -0.4 is 10.1 Å². The molecule has 0 fully saturated rings. The van der Waals surface area contributed by atoms with Gasteiger partial charge in [-0.1, -0.05) is 61.3 Å². The number of rotatable bonds is 15. The minimum Gasteiger partial charge on any atom is -0.492 e. The molecule has 1 atom stereocenters. The van der Waals surface area contributed by atoms with Gasteiger partial charge in [0.05, 0.1) is 6.54 Å². The van der Waals surface area contributed by atoms with E-state index in [1.54, 1.807) is 30.0 Å². The molecule has 0 saturated heterocycles. The molecule has 0 spiro atoms. The lowest BCUT2D eigenvalue weighted by atomic mass is 10.0. The highest BCUT2D eigenvalue weighted by Gasteiger charge is 2.18. The molecule has 7 nitrogen and oxygen atoms in total. The molecule has 0 saturated carbocycles. The molecule has 0 heterocycles. The Labute approximate surface area is 252 Å². The molecule has 0 aliphatic heterocycles. The number of nitrogens with zero attached hydrogens (tertiary/aromatic N) is 1. The first-order chi connectivity index (χ1) is 19.6. The summed E-state index contributed by atoms with van der Waals surface area (Å²) in [5, 5.41) is 13.5. The first kappa shape index (κ1) is 32.3. The second-order valence-corrected chi connectivity index (χ2v) is 10.9. The third kappa shape index (κ3) is 10.9. The Balaban J connectivity index is 1.60. The average Bonchev–Trinajstić information content (AvgIpc) is 2.92. The first-order valence-corrected chi connectivity index (χ1v) is 14.6. The topological polar surface area (TPSA) is 88.1 Å². The summed E-state index contributed by atoms with van der Waals surface area (Å²) in [6.07, 6.45) is 0.820. The monoisotopic (exact) mass is 600 g/mol. The van der Waals surface area contributed by atoms with E-state index in [0.717, 1.165) is 23.2 Å². The van der Waals surface area contributed by atoms with Crippen LogP contribution >= 0.6 is 23.2 Å². The molecule has 1 unspecified atom stereocenters. The van der Waals surface area contributed by atoms with Gasteiger partial charge in [-0.3, -0.25) is 0 Å². The Hall–Kier alpha value is -3.26. The second-order valence-electron chi connectivity index (χ2n) is 10.1. The van der Waals surface area contributed by atoms with Gasteiger partial charge in [-0.25, -0.2) is 9.59 Å². The van der Waals surface area contributed by atoms with Crippen LogP contribution in [0, 0.1) is 0 Å². The van der Waals surface area contributed by atoms with Crippen molar-refractivity contribution in [3.05, 3.63) is 93.5 Å². The highest BCUT2D eigenvalue weighted by atomic mass is 35.5. The van der Waals surface area contributed by atoms with Crippen LogP contribution in [0.25, 0.3) is 0 Å². The van der Waals surface area contributed by atoms with Crippen molar-refractivity contribution in [2.45, 2.75) is 52.1 Å². The maximum Gasteiger partial charge on any atom is 0.333 e. The molecule has 0 aromatic heterocycles. The number of urea groups is 1. The van der Waals surface area contributed by atoms with Gasteiger partial charge in [0.1, 0.15) is 12.4 Å². The lowest BCUT2D eigenvalue weighted by Crippen LogP contribution is -2.38. The predicted molar refractivity (Wildman–Crippen MR) is 165 cm³/mol. The van der Waals surface area contributed by atoms with Crippen molar-refractivity contribution in [1.29, 1.82) is 0 Å². The number of carboxylic acid groups (broad SMARTS) is 1. The van der Waals surface area contributed by atoms with Crippen LogP contribution in [-0.2, 0) is 22.4 Å².